The fourth-order valence-electron chi connectivity index (χ4n) is 2.24. The van der Waals surface area contributed by atoms with E-state index in [9.17, 15) is 18.4 Å². The van der Waals surface area contributed by atoms with Crippen molar-refractivity contribution >= 4 is 46.3 Å². The number of carboxylic acids is 1. The van der Waals surface area contributed by atoms with Crippen molar-refractivity contribution < 1.29 is 33.0 Å². The SMILES string of the molecule is COc1cccc(/C=C2\SC(=S)N(CCCC(=O)O)C2=O)c1OC(F)F. The molecule has 1 fully saturated rings. The molecule has 6 nitrogen and oxygen atoms in total. The van der Waals surface area contributed by atoms with Gasteiger partial charge in [-0.15, -0.1) is 0 Å². The van der Waals surface area contributed by atoms with Crippen molar-refractivity contribution in [3.63, 3.8) is 0 Å². The Hall–Kier alpha value is -2.20. The number of ether oxygens (including phenoxy) is 2. The summed E-state index contributed by atoms with van der Waals surface area (Å²) in [4.78, 5) is 24.6. The van der Waals surface area contributed by atoms with E-state index in [0.29, 0.717) is 0 Å². The van der Waals surface area contributed by atoms with Crippen molar-refractivity contribution in [3.05, 3.63) is 28.7 Å². The maximum absolute atomic E-state index is 12.7. The molecule has 0 saturated carbocycles. The number of carboxylic acid groups (broad SMARTS) is 1. The van der Waals surface area contributed by atoms with Crippen molar-refractivity contribution in [1.29, 1.82) is 0 Å². The van der Waals surface area contributed by atoms with E-state index in [-0.39, 0.29) is 45.7 Å². The van der Waals surface area contributed by atoms with Gasteiger partial charge in [-0.1, -0.05) is 36.1 Å². The van der Waals surface area contributed by atoms with Crippen LogP contribution in [0.25, 0.3) is 6.08 Å². The van der Waals surface area contributed by atoms with Crippen LogP contribution in [0, 0.1) is 0 Å². The zero-order chi connectivity index (χ0) is 19.3. The highest BCUT2D eigenvalue weighted by atomic mass is 32.2. The summed E-state index contributed by atoms with van der Waals surface area (Å²) in [6.07, 6.45) is 1.57. The Morgan fingerprint density at radius 3 is 2.81 bits per heavy atom. The first-order valence-corrected chi connectivity index (χ1v) is 8.65. The van der Waals surface area contributed by atoms with E-state index in [2.05, 4.69) is 4.74 Å². The number of thioether (sulfide) groups is 1. The molecule has 26 heavy (non-hydrogen) atoms. The maximum atomic E-state index is 12.7. The van der Waals surface area contributed by atoms with E-state index < -0.39 is 18.5 Å². The number of rotatable bonds is 8. The molecular formula is C16H15F2NO5S2. The highest BCUT2D eigenvalue weighted by Crippen LogP contribution is 2.38. The maximum Gasteiger partial charge on any atom is 0.387 e. The van der Waals surface area contributed by atoms with Crippen molar-refractivity contribution in [1.82, 2.24) is 4.90 Å². The number of benzene rings is 1. The number of methoxy groups -OCH3 is 1. The van der Waals surface area contributed by atoms with Crippen LogP contribution in [0.3, 0.4) is 0 Å². The molecule has 1 N–H and O–H groups in total. The Balaban J connectivity index is 2.26. The molecule has 1 aromatic carbocycles. The van der Waals surface area contributed by atoms with Crippen LogP contribution in [0.2, 0.25) is 0 Å². The molecule has 1 amide bonds. The Morgan fingerprint density at radius 2 is 2.19 bits per heavy atom. The van der Waals surface area contributed by atoms with Crippen LogP contribution in [0.15, 0.2) is 23.1 Å². The van der Waals surface area contributed by atoms with E-state index in [1.54, 1.807) is 6.07 Å². The number of hydrogen-bond donors (Lipinski definition) is 1. The summed E-state index contributed by atoms with van der Waals surface area (Å²) < 4.78 is 35.2. The fraction of sp³-hybridized carbons (Fsp3) is 0.312. The Labute approximate surface area is 157 Å². The van der Waals surface area contributed by atoms with Gasteiger partial charge >= 0.3 is 12.6 Å². The lowest BCUT2D eigenvalue weighted by Crippen LogP contribution is -2.29. The molecular weight excluding hydrogens is 388 g/mol. The quantitative estimate of drug-likeness (QED) is 0.527. The second-order valence-corrected chi connectivity index (χ2v) is 6.76. The highest BCUT2D eigenvalue weighted by Gasteiger charge is 2.32. The number of carbonyl (C=O) groups is 2. The van der Waals surface area contributed by atoms with E-state index in [1.165, 1.54) is 30.2 Å². The van der Waals surface area contributed by atoms with Gasteiger partial charge in [0.2, 0.25) is 0 Å². The molecule has 0 bridgehead atoms. The smallest absolute Gasteiger partial charge is 0.387 e. The van der Waals surface area contributed by atoms with Gasteiger partial charge in [0.1, 0.15) is 4.32 Å². The van der Waals surface area contributed by atoms with Crippen LogP contribution < -0.4 is 9.47 Å². The Bertz CT molecular complexity index is 754. The Morgan fingerprint density at radius 1 is 1.46 bits per heavy atom. The lowest BCUT2D eigenvalue weighted by molar-refractivity contribution is -0.137. The number of hydrogen-bond acceptors (Lipinski definition) is 6. The van der Waals surface area contributed by atoms with Crippen LogP contribution >= 0.6 is 24.0 Å². The summed E-state index contributed by atoms with van der Waals surface area (Å²) in [5.41, 5.74) is 0.246. The predicted molar refractivity (Wildman–Crippen MR) is 96.4 cm³/mol. The molecule has 0 atom stereocenters. The summed E-state index contributed by atoms with van der Waals surface area (Å²) >= 11 is 6.16. The molecule has 1 aliphatic heterocycles. The lowest BCUT2D eigenvalue weighted by atomic mass is 10.1. The molecule has 0 spiro atoms. The van der Waals surface area contributed by atoms with E-state index in [1.807, 2.05) is 0 Å². The first kappa shape index (κ1) is 20.1. The van der Waals surface area contributed by atoms with Gasteiger partial charge in [-0.05, 0) is 18.6 Å². The van der Waals surface area contributed by atoms with E-state index in [0.717, 1.165) is 11.8 Å². The molecule has 1 aliphatic rings. The van der Waals surface area contributed by atoms with Gasteiger partial charge in [0, 0.05) is 18.5 Å². The number of carbonyl (C=O) groups excluding carboxylic acids is 1. The number of halogens is 2. The van der Waals surface area contributed by atoms with Gasteiger partial charge in [-0.3, -0.25) is 14.5 Å². The van der Waals surface area contributed by atoms with Crippen molar-refractivity contribution in [3.8, 4) is 11.5 Å². The van der Waals surface area contributed by atoms with Crippen molar-refractivity contribution in [2.24, 2.45) is 0 Å². The van der Waals surface area contributed by atoms with Gasteiger partial charge in [-0.2, -0.15) is 8.78 Å². The average Bonchev–Trinajstić information content (AvgIpc) is 2.83. The number of alkyl halides is 2. The third kappa shape index (κ3) is 4.92. The van der Waals surface area contributed by atoms with Crippen molar-refractivity contribution in [2.75, 3.05) is 13.7 Å². The molecule has 1 aromatic rings. The van der Waals surface area contributed by atoms with E-state index >= 15 is 0 Å². The second kappa shape index (κ2) is 8.95. The number of thiocarbonyl (C=S) groups is 1. The highest BCUT2D eigenvalue weighted by molar-refractivity contribution is 8.26. The molecule has 2 rings (SSSR count). The molecule has 0 unspecified atom stereocenters. The number of aliphatic carboxylic acids is 1. The Kier molecular flexibility index (Phi) is 6.92. The topological polar surface area (TPSA) is 76.1 Å². The molecule has 1 saturated heterocycles. The summed E-state index contributed by atoms with van der Waals surface area (Å²) in [5.74, 6) is -1.44. The third-order valence-electron chi connectivity index (χ3n) is 3.37. The molecule has 0 aliphatic carbocycles. The number of amides is 1. The van der Waals surface area contributed by atoms with Gasteiger partial charge in [0.05, 0.1) is 12.0 Å². The third-order valence-corrected chi connectivity index (χ3v) is 4.75. The number of nitrogens with zero attached hydrogens (tertiary/aromatic N) is 1. The first-order valence-electron chi connectivity index (χ1n) is 7.42. The molecule has 0 radical (unpaired) electrons. The lowest BCUT2D eigenvalue weighted by Gasteiger charge is -2.13. The minimum atomic E-state index is -3.05. The van der Waals surface area contributed by atoms with Gasteiger partial charge in [0.25, 0.3) is 5.91 Å². The molecule has 1 heterocycles. The number of para-hydroxylation sites is 1. The summed E-state index contributed by atoms with van der Waals surface area (Å²) in [6, 6.07) is 4.56. The van der Waals surface area contributed by atoms with Gasteiger partial charge < -0.3 is 14.6 Å². The van der Waals surface area contributed by atoms with Crippen LogP contribution in [0.5, 0.6) is 11.5 Å². The summed E-state index contributed by atoms with van der Waals surface area (Å²) in [5, 5.41) is 8.68. The van der Waals surface area contributed by atoms with Crippen LogP contribution in [-0.2, 0) is 9.59 Å². The fourth-order valence-corrected chi connectivity index (χ4v) is 3.54. The zero-order valence-electron chi connectivity index (χ0n) is 13.6. The first-order chi connectivity index (χ1) is 12.3. The minimum Gasteiger partial charge on any atom is -0.493 e. The van der Waals surface area contributed by atoms with Crippen LogP contribution in [-0.4, -0.2) is 46.5 Å². The van der Waals surface area contributed by atoms with E-state index in [4.69, 9.17) is 22.1 Å². The minimum absolute atomic E-state index is 0.0850. The monoisotopic (exact) mass is 403 g/mol. The van der Waals surface area contributed by atoms with Crippen LogP contribution in [0.4, 0.5) is 8.78 Å². The molecule has 10 heteroatoms. The summed E-state index contributed by atoms with van der Waals surface area (Å²) in [6.45, 7) is -2.88. The molecule has 0 aromatic heterocycles. The van der Waals surface area contributed by atoms with Crippen LogP contribution in [0.1, 0.15) is 18.4 Å². The molecule has 140 valence electrons. The predicted octanol–water partition coefficient (Wildman–Crippen LogP) is 3.36. The van der Waals surface area contributed by atoms with Gasteiger partial charge in [0.15, 0.2) is 11.5 Å². The van der Waals surface area contributed by atoms with Gasteiger partial charge in [-0.25, -0.2) is 0 Å². The van der Waals surface area contributed by atoms with Crippen molar-refractivity contribution in [2.45, 2.75) is 19.5 Å². The standard InChI is InChI=1S/C16H15F2NO5S2/c1-23-10-5-2-4-9(13(10)24-15(17)18)8-11-14(22)19(16(25)26-11)7-3-6-12(20)21/h2,4-5,8,15H,3,6-7H2,1H3,(H,20,21)/b11-8-. The normalized spacial score (nSPS) is 15.8. The largest absolute Gasteiger partial charge is 0.493 e. The average molecular weight is 403 g/mol. The summed E-state index contributed by atoms with van der Waals surface area (Å²) in [7, 11) is 1.32. The second-order valence-electron chi connectivity index (χ2n) is 5.09. The zero-order valence-corrected chi connectivity index (χ0v) is 15.2.